The minimum Gasteiger partial charge on any atom is -0.538 e. The summed E-state index contributed by atoms with van der Waals surface area (Å²) in [6, 6.07) is 0. The summed E-state index contributed by atoms with van der Waals surface area (Å²) >= 11 is 0. The molecule has 2 atom stereocenters. The van der Waals surface area contributed by atoms with E-state index in [2.05, 4.69) is 102 Å². The van der Waals surface area contributed by atoms with Crippen LogP contribution in [0, 0.1) is 59.9 Å². The smallest absolute Gasteiger partial charge is 0.305 e. The first kappa shape index (κ1) is 74.3. The van der Waals surface area contributed by atoms with Crippen molar-refractivity contribution in [3.8, 4) is 0 Å². The molecule has 4 aliphatic rings. The first-order valence-corrected chi connectivity index (χ1v) is 31.8. The summed E-state index contributed by atoms with van der Waals surface area (Å²) in [6.07, 6.45) is 49.8. The van der Waals surface area contributed by atoms with Crippen LogP contribution in [0.2, 0.25) is 0 Å². The van der Waals surface area contributed by atoms with E-state index >= 15 is 0 Å². The van der Waals surface area contributed by atoms with Gasteiger partial charge in [0.25, 0.3) is 0 Å². The predicted octanol–water partition coefficient (Wildman–Crippen LogP) is 17.5. The van der Waals surface area contributed by atoms with Crippen LogP contribution in [0.15, 0.2) is 54.9 Å². The molecule has 0 aromatic rings. The van der Waals surface area contributed by atoms with E-state index in [9.17, 15) is 9.59 Å². The normalized spacial score (nSPS) is 20.7. The van der Waals surface area contributed by atoms with Crippen molar-refractivity contribution in [3.63, 3.8) is 0 Å². The molecule has 2 unspecified atom stereocenters. The second kappa shape index (κ2) is 48.8. The molecule has 11 heteroatoms. The number of rotatable bonds is 50. The molecule has 450 valence electrons. The molecule has 4 saturated carbocycles. The second-order valence-corrected chi connectivity index (χ2v) is 23.1. The van der Waals surface area contributed by atoms with Gasteiger partial charge in [0.15, 0.2) is 12.6 Å². The molecule has 0 saturated heterocycles. The van der Waals surface area contributed by atoms with Crippen LogP contribution in [0.3, 0.4) is 0 Å². The van der Waals surface area contributed by atoms with Crippen molar-refractivity contribution in [1.82, 2.24) is 4.90 Å². The topological polar surface area (TPSA) is 102 Å². The Hall–Kier alpha value is -1.71. The minimum atomic E-state index is -0.432. The van der Waals surface area contributed by atoms with Gasteiger partial charge in [0, 0.05) is 86.6 Å². The average molecular weight is 1320 g/mol. The molecule has 78 heavy (non-hydrogen) atoms. The largest absolute Gasteiger partial charge is 0.538 e. The molecule has 4 fully saturated rings. The fourth-order valence-electron chi connectivity index (χ4n) is 12.1. The Morgan fingerprint density at radius 3 is 1.12 bits per heavy atom. The Bertz CT molecular complexity index is 1440. The van der Waals surface area contributed by atoms with Gasteiger partial charge in [0.2, 0.25) is 0 Å². The standard InChI is InChI=1S/C59H99O9.C8H19N.U/c1-6-11-15-19-23-27-31-39-63-55(64-40-32-28-24-20-16-12-7-2)37-35-53(60)67-50-58-44-52-43-57(46-58,49-62-10-5)47-59(45-52,48-58)51-68-54(61)36-38-56(65-41-33-29-25-21-17-13-8-3)66-42-34-30-26-22-18-14-9-4;1-4-7-8-9(5-2)6-3;/h5,10,15-22,52,55-56H,6-9,11-14,23-51H2,1-4H3;4-8H2,1-3H3;/q-1;;/b19-15-,20-16-,21-17-,22-18-;;. The summed E-state index contributed by atoms with van der Waals surface area (Å²) in [5.41, 5.74) is -0.510. The van der Waals surface area contributed by atoms with Gasteiger partial charge in [-0.2, -0.15) is 0 Å². The van der Waals surface area contributed by atoms with Crippen LogP contribution < -0.4 is 0 Å². The second-order valence-electron chi connectivity index (χ2n) is 23.1. The van der Waals surface area contributed by atoms with E-state index in [0.29, 0.717) is 65.0 Å². The Kier molecular flexibility index (Phi) is 46.5. The van der Waals surface area contributed by atoms with Crippen LogP contribution in [-0.2, 0) is 42.7 Å². The molecule has 0 heterocycles. The van der Waals surface area contributed by atoms with E-state index in [1.165, 1.54) is 64.4 Å². The van der Waals surface area contributed by atoms with Crippen LogP contribution >= 0.6 is 0 Å². The van der Waals surface area contributed by atoms with Gasteiger partial charge in [-0.1, -0.05) is 129 Å². The third-order valence-electron chi connectivity index (χ3n) is 15.6. The Morgan fingerprint density at radius 2 is 0.808 bits per heavy atom. The number of nitrogens with zero attached hydrogens (tertiary/aromatic N) is 1. The molecule has 0 N–H and O–H groups in total. The van der Waals surface area contributed by atoms with Crippen LogP contribution in [-0.4, -0.2) is 95.3 Å². The van der Waals surface area contributed by atoms with Crippen molar-refractivity contribution in [3.05, 3.63) is 61.4 Å². The number of carbonyl (C=O) groups is 2. The maximum Gasteiger partial charge on any atom is 0.305 e. The number of carbonyl (C=O) groups excluding carboxylic acids is 2. The molecular weight excluding hydrogens is 1200 g/mol. The van der Waals surface area contributed by atoms with Gasteiger partial charge in [-0.3, -0.25) is 9.59 Å². The molecule has 4 rings (SSSR count). The monoisotopic (exact) mass is 1320 g/mol. The van der Waals surface area contributed by atoms with E-state index in [1.54, 1.807) is 0 Å². The van der Waals surface area contributed by atoms with E-state index < -0.39 is 12.6 Å². The van der Waals surface area contributed by atoms with Crippen LogP contribution in [0.5, 0.6) is 0 Å². The summed E-state index contributed by atoms with van der Waals surface area (Å²) < 4.78 is 43.1. The molecule has 10 nitrogen and oxygen atoms in total. The van der Waals surface area contributed by atoms with Crippen LogP contribution in [0.4, 0.5) is 0 Å². The molecule has 0 aromatic heterocycles. The summed E-state index contributed by atoms with van der Waals surface area (Å²) in [5, 5.41) is 0. The summed E-state index contributed by atoms with van der Waals surface area (Å²) in [7, 11) is 0. The third-order valence-corrected chi connectivity index (χ3v) is 15.6. The summed E-state index contributed by atoms with van der Waals surface area (Å²) in [6.45, 7) is 28.6. The Labute approximate surface area is 503 Å². The average Bonchev–Trinajstić information content (AvgIpc) is 3.47. The van der Waals surface area contributed by atoms with Crippen molar-refractivity contribution in [2.24, 2.45) is 22.2 Å². The third kappa shape index (κ3) is 35.3. The Morgan fingerprint density at radius 1 is 0.474 bits per heavy atom. The maximum atomic E-state index is 13.5. The number of esters is 2. The SMILES string of the molecule is CCCCN(CC)CC.[CH-]=COCC12CC3CC(COC(=O)CCC(OCCCC/C=C\CCC)OCCCC/C=C\CCC)(C1)CC(COC(=O)CCC(OCCCC/C=C\CCC)OCCCC/C=C\CCC)(C3)C2.[U]. The Balaban J connectivity index is 0.00000278. The molecule has 0 radical (unpaired) electrons. The predicted molar refractivity (Wildman–Crippen MR) is 319 cm³/mol. The molecule has 4 aliphatic carbocycles. The molecule has 4 bridgehead atoms. The molecular formula is C67H118NO9U-. The van der Waals surface area contributed by atoms with Crippen molar-refractivity contribution < 1.29 is 73.9 Å². The van der Waals surface area contributed by atoms with Gasteiger partial charge >= 0.3 is 11.9 Å². The fourth-order valence-corrected chi connectivity index (χ4v) is 12.1. The first-order valence-electron chi connectivity index (χ1n) is 31.8. The zero-order valence-corrected chi connectivity index (χ0v) is 55.5. The summed E-state index contributed by atoms with van der Waals surface area (Å²) in [5.74, 6) is 0.0106. The van der Waals surface area contributed by atoms with Gasteiger partial charge in [0.1, 0.15) is 0 Å². The van der Waals surface area contributed by atoms with Crippen LogP contribution in [0.25, 0.3) is 0 Å². The van der Waals surface area contributed by atoms with Gasteiger partial charge in [0.05, 0.1) is 32.7 Å². The van der Waals surface area contributed by atoms with Gasteiger partial charge < -0.3 is 44.6 Å². The van der Waals surface area contributed by atoms with Gasteiger partial charge in [-0.15, -0.1) is 6.26 Å². The molecule has 0 aromatic carbocycles. The molecule has 0 amide bonds. The van der Waals surface area contributed by atoms with Crippen molar-refractivity contribution in [1.29, 1.82) is 0 Å². The molecule has 0 spiro atoms. The zero-order valence-electron chi connectivity index (χ0n) is 51.3. The maximum absolute atomic E-state index is 13.5. The minimum absolute atomic E-state index is 0. The number of allylic oxidation sites excluding steroid dienone is 8. The first-order chi connectivity index (χ1) is 37.6. The summed E-state index contributed by atoms with van der Waals surface area (Å²) in [4.78, 5) is 29.5. The van der Waals surface area contributed by atoms with E-state index in [0.717, 1.165) is 141 Å². The van der Waals surface area contributed by atoms with Crippen molar-refractivity contribution >= 4 is 11.9 Å². The quantitative estimate of drug-likeness (QED) is 0.0146. The van der Waals surface area contributed by atoms with E-state index in [4.69, 9.17) is 39.7 Å². The molecule has 0 aliphatic heterocycles. The van der Waals surface area contributed by atoms with Gasteiger partial charge in [-0.05, 0) is 173 Å². The van der Waals surface area contributed by atoms with E-state index in [-0.39, 0.29) is 72.1 Å². The fraction of sp³-hybridized carbons (Fsp3) is 0.821. The van der Waals surface area contributed by atoms with E-state index in [1.807, 2.05) is 0 Å². The number of ether oxygens (including phenoxy) is 7. The number of hydrogen-bond donors (Lipinski definition) is 0. The zero-order chi connectivity index (χ0) is 56.0. The van der Waals surface area contributed by atoms with Crippen molar-refractivity contribution in [2.45, 2.75) is 267 Å². The van der Waals surface area contributed by atoms with Crippen molar-refractivity contribution in [2.75, 3.05) is 65.9 Å². The number of unbranched alkanes of at least 4 members (excludes halogenated alkanes) is 13. The number of hydrogen-bond acceptors (Lipinski definition) is 10. The van der Waals surface area contributed by atoms with Crippen LogP contribution in [0.1, 0.15) is 254 Å². The van der Waals surface area contributed by atoms with Gasteiger partial charge in [-0.25, -0.2) is 0 Å².